The van der Waals surface area contributed by atoms with E-state index in [1.54, 1.807) is 10.8 Å². The molecule has 5 heterocycles. The molecule has 3 aliphatic rings. The summed E-state index contributed by atoms with van der Waals surface area (Å²) in [5.74, 6) is -5.23. The molecule has 54 heavy (non-hydrogen) atoms. The Morgan fingerprint density at radius 3 is 2.44 bits per heavy atom. The summed E-state index contributed by atoms with van der Waals surface area (Å²) in [6.07, 6.45) is 3.33. The zero-order valence-electron chi connectivity index (χ0n) is 29.1. The van der Waals surface area contributed by atoms with Crippen LogP contribution in [0, 0.1) is 0 Å². The number of benzene rings is 1. The first-order chi connectivity index (χ1) is 25.4. The van der Waals surface area contributed by atoms with Gasteiger partial charge in [0.1, 0.15) is 40.2 Å². The number of thioether (sulfide) groups is 1. The van der Waals surface area contributed by atoms with Crippen molar-refractivity contribution < 1.29 is 48.9 Å². The number of hydrogen-bond donors (Lipinski definition) is 6. The average Bonchev–Trinajstić information content (AvgIpc) is 3.71. The second kappa shape index (κ2) is 14.6. The molecule has 0 aliphatic carbocycles. The Labute approximate surface area is 325 Å². The molecule has 1 aromatic carbocycles. The van der Waals surface area contributed by atoms with Gasteiger partial charge in [-0.1, -0.05) is 39.7 Å². The number of thiazole rings is 1. The van der Waals surface area contributed by atoms with Crippen LogP contribution in [0.25, 0.3) is 10.9 Å². The van der Waals surface area contributed by atoms with Crippen molar-refractivity contribution in [3.05, 3.63) is 54.4 Å². The molecule has 2 atom stereocenters. The van der Waals surface area contributed by atoms with E-state index in [1.807, 2.05) is 6.92 Å². The quantitative estimate of drug-likeness (QED) is 0.0507. The summed E-state index contributed by atoms with van der Waals surface area (Å²) in [6, 6.07) is 0.0997. The number of carboxylic acids is 2. The Morgan fingerprint density at radius 1 is 1.17 bits per heavy atom. The van der Waals surface area contributed by atoms with Crippen LogP contribution < -0.4 is 16.5 Å². The van der Waals surface area contributed by atoms with Crippen LogP contribution in [-0.2, 0) is 37.1 Å². The number of quaternary nitrogens is 1. The SMILES string of the molecule is CCn1cc(C[N+]2(CC3=C(C(=O)O)N4C(=O)[C@@H](NC(=O)/C(=N\OC(C)(C)C(=O)O)c5nc(N)sc5Cl)C4SC3)CCCC2)c(=O)c2c(Cl)c(O)c(O)cc21. The smallest absolute Gasteiger partial charge is 0.352 e. The third-order valence-corrected chi connectivity index (χ3v) is 12.5. The van der Waals surface area contributed by atoms with Gasteiger partial charge >= 0.3 is 11.9 Å². The maximum atomic E-state index is 13.9. The number of aliphatic carboxylic acids is 2. The summed E-state index contributed by atoms with van der Waals surface area (Å²) in [6.45, 7) is 6.39. The topological polar surface area (TPSA) is 247 Å². The molecule has 0 saturated carbocycles. The summed E-state index contributed by atoms with van der Waals surface area (Å²) < 4.78 is 2.05. The van der Waals surface area contributed by atoms with Crippen molar-refractivity contribution >= 4 is 91.8 Å². The van der Waals surface area contributed by atoms with Gasteiger partial charge in [-0.3, -0.25) is 19.3 Å². The second-order valence-electron chi connectivity index (χ2n) is 13.7. The van der Waals surface area contributed by atoms with Gasteiger partial charge in [0.05, 0.1) is 34.6 Å². The minimum absolute atomic E-state index is 0.0102. The molecule has 2 amide bonds. The Balaban J connectivity index is 1.28. The van der Waals surface area contributed by atoms with E-state index in [2.05, 4.69) is 15.5 Å². The molecule has 0 spiro atoms. The average molecular weight is 826 g/mol. The first kappa shape index (κ1) is 39.1. The Kier molecular flexibility index (Phi) is 10.6. The Bertz CT molecular complexity index is 2230. The number of phenolic OH excluding ortho intramolecular Hbond substituents is 2. The zero-order chi connectivity index (χ0) is 39.4. The van der Waals surface area contributed by atoms with E-state index in [4.69, 9.17) is 33.8 Å². The van der Waals surface area contributed by atoms with Crippen molar-refractivity contribution in [3.8, 4) is 11.5 Å². The number of aromatic nitrogens is 2. The monoisotopic (exact) mass is 824 g/mol. The number of nitrogens with zero attached hydrogens (tertiary/aromatic N) is 5. The predicted molar refractivity (Wildman–Crippen MR) is 201 cm³/mol. The van der Waals surface area contributed by atoms with E-state index in [1.165, 1.54) is 31.7 Å². The van der Waals surface area contributed by atoms with Crippen LogP contribution in [-0.4, -0.2) is 111 Å². The molecule has 3 aromatic rings. The number of hydrogen-bond acceptors (Lipinski definition) is 13. The van der Waals surface area contributed by atoms with Gasteiger partial charge in [0.25, 0.3) is 11.8 Å². The molecule has 3 aliphatic heterocycles. The number of fused-ring (bicyclic) bond motifs is 2. The maximum absolute atomic E-state index is 13.9. The van der Waals surface area contributed by atoms with E-state index in [-0.39, 0.29) is 50.1 Å². The lowest BCUT2D eigenvalue weighted by Gasteiger charge is -2.50. The maximum Gasteiger partial charge on any atom is 0.352 e. The first-order valence-electron chi connectivity index (χ1n) is 16.6. The molecular weight excluding hydrogens is 789 g/mol. The molecule has 2 fully saturated rings. The third kappa shape index (κ3) is 6.94. The van der Waals surface area contributed by atoms with Gasteiger partial charge in [0, 0.05) is 43.0 Å². The Morgan fingerprint density at radius 2 is 1.85 bits per heavy atom. The molecule has 6 rings (SSSR count). The number of aryl methyl sites for hydroxylation is 1. The first-order valence-corrected chi connectivity index (χ1v) is 19.3. The third-order valence-electron chi connectivity index (χ3n) is 9.69. The number of carbonyl (C=O) groups is 4. The molecule has 2 saturated heterocycles. The van der Waals surface area contributed by atoms with Crippen LogP contribution in [0.2, 0.25) is 9.36 Å². The van der Waals surface area contributed by atoms with Crippen LogP contribution in [0.5, 0.6) is 11.5 Å². The highest BCUT2D eigenvalue weighted by atomic mass is 35.5. The highest BCUT2D eigenvalue weighted by Gasteiger charge is 2.55. The normalized spacial score (nSPS) is 19.8. The standard InChI is InChI=1S/C33H35Cl2N7O10S2/c1-4-40-10-14(24(44)18-16(40)9-17(43)25(45)19(18)34)11-42(7-5-6-8-42)12-15-13-53-29-22(28(47)41(29)23(15)30(48)49)37-27(46)21(20-26(35)54-32(36)38-20)39-52-33(2,3)31(50)51/h9-10,22,29H,4-8,11-13H2,1-3H3,(H6-,36,37,38,39,43,44,45,46,48,49,50,51)/p+1/t22-,29?/m1/s1. The summed E-state index contributed by atoms with van der Waals surface area (Å²) in [7, 11) is 0. The molecule has 2 aromatic heterocycles. The van der Waals surface area contributed by atoms with Gasteiger partial charge in [-0.2, -0.15) is 0 Å². The minimum atomic E-state index is -1.85. The molecule has 7 N–H and O–H groups in total. The molecule has 0 bridgehead atoms. The minimum Gasteiger partial charge on any atom is -0.504 e. The number of carbonyl (C=O) groups excluding carboxylic acids is 2. The number of β-lactam (4-membered cyclic amide) rings is 1. The summed E-state index contributed by atoms with van der Waals surface area (Å²) in [5.41, 5.74) is 3.80. The summed E-state index contributed by atoms with van der Waals surface area (Å²) >= 11 is 14.7. The number of carboxylic acid groups (broad SMARTS) is 2. The fraction of sp³-hybridized carbons (Fsp3) is 0.424. The lowest BCUT2D eigenvalue weighted by Crippen LogP contribution is -2.71. The van der Waals surface area contributed by atoms with Gasteiger partial charge in [-0.05, 0) is 20.8 Å². The van der Waals surface area contributed by atoms with Crippen molar-refractivity contribution in [2.75, 3.05) is 31.1 Å². The molecule has 0 radical (unpaired) electrons. The number of nitrogens with two attached hydrogens (primary N) is 1. The van der Waals surface area contributed by atoms with Gasteiger partial charge in [-0.25, -0.2) is 14.6 Å². The zero-order valence-corrected chi connectivity index (χ0v) is 32.2. The number of aromatic hydroxyl groups is 2. The van der Waals surface area contributed by atoms with Gasteiger partial charge in [0.15, 0.2) is 27.8 Å². The number of rotatable bonds is 12. The Hall–Kier alpha value is -4.56. The second-order valence-corrected chi connectivity index (χ2v) is 16.8. The number of anilines is 1. The summed E-state index contributed by atoms with van der Waals surface area (Å²) in [5, 5.41) is 45.7. The van der Waals surface area contributed by atoms with Crippen molar-refractivity contribution in [2.24, 2.45) is 5.16 Å². The molecule has 1 unspecified atom stereocenters. The highest BCUT2D eigenvalue weighted by molar-refractivity contribution is 8.00. The lowest BCUT2D eigenvalue weighted by molar-refractivity contribution is -0.925. The molecule has 288 valence electrons. The number of nitrogens with one attached hydrogen (secondary N) is 1. The predicted octanol–water partition coefficient (Wildman–Crippen LogP) is 2.91. The number of phenols is 2. The van der Waals surface area contributed by atoms with Crippen molar-refractivity contribution in [1.29, 1.82) is 0 Å². The molecule has 17 nitrogen and oxygen atoms in total. The molecular formula is C33H36Cl2N7O10S2+. The number of amides is 2. The number of pyridine rings is 1. The number of oxime groups is 1. The van der Waals surface area contributed by atoms with Crippen LogP contribution in [0.3, 0.4) is 0 Å². The highest BCUT2D eigenvalue weighted by Crippen LogP contribution is 2.42. The van der Waals surface area contributed by atoms with Crippen molar-refractivity contribution in [1.82, 2.24) is 19.8 Å². The summed E-state index contributed by atoms with van der Waals surface area (Å²) in [4.78, 5) is 75.8. The number of nitrogen functional groups attached to an aromatic ring is 1. The lowest BCUT2D eigenvalue weighted by atomic mass is 10.0. The van der Waals surface area contributed by atoms with Gasteiger partial charge < -0.3 is 45.4 Å². The van der Waals surface area contributed by atoms with Gasteiger partial charge in [-0.15, -0.1) is 11.8 Å². The van der Waals surface area contributed by atoms with Crippen molar-refractivity contribution in [3.63, 3.8) is 0 Å². The molecule has 21 heteroatoms. The number of likely N-dealkylation sites (tertiary alicyclic amines) is 1. The van der Waals surface area contributed by atoms with Crippen LogP contribution in [0.1, 0.15) is 44.9 Å². The van der Waals surface area contributed by atoms with Crippen LogP contribution >= 0.6 is 46.3 Å². The van der Waals surface area contributed by atoms with Gasteiger partial charge in [0.2, 0.25) is 5.60 Å². The van der Waals surface area contributed by atoms with E-state index >= 15 is 0 Å². The van der Waals surface area contributed by atoms with E-state index < -0.39 is 63.4 Å². The number of halogens is 2. The largest absolute Gasteiger partial charge is 0.504 e. The van der Waals surface area contributed by atoms with Crippen LogP contribution in [0.15, 0.2) is 33.5 Å². The fourth-order valence-electron chi connectivity index (χ4n) is 6.92. The van der Waals surface area contributed by atoms with Crippen molar-refractivity contribution in [2.45, 2.75) is 63.7 Å². The van der Waals surface area contributed by atoms with Crippen LogP contribution in [0.4, 0.5) is 5.13 Å². The van der Waals surface area contributed by atoms with E-state index in [9.17, 15) is 44.4 Å². The van der Waals surface area contributed by atoms with E-state index in [0.717, 1.165) is 29.1 Å². The van der Waals surface area contributed by atoms with E-state index in [0.29, 0.717) is 40.8 Å². The fourth-order valence-corrected chi connectivity index (χ4v) is 9.46.